The molecule has 2 aliphatic carbocycles. The van der Waals surface area contributed by atoms with E-state index in [1.807, 2.05) is 48.8 Å². The van der Waals surface area contributed by atoms with Gasteiger partial charge in [-0.15, -0.1) is 0 Å². The highest BCUT2D eigenvalue weighted by Crippen LogP contribution is 2.45. The van der Waals surface area contributed by atoms with Crippen molar-refractivity contribution in [3.8, 4) is 45.0 Å². The average Bonchev–Trinajstić information content (AvgIpc) is 3.96. The van der Waals surface area contributed by atoms with Crippen molar-refractivity contribution >= 4 is 50.3 Å². The first kappa shape index (κ1) is 46.5. The van der Waals surface area contributed by atoms with Crippen LogP contribution in [-0.2, 0) is 4.79 Å². The van der Waals surface area contributed by atoms with Crippen molar-refractivity contribution in [2.75, 3.05) is 45.2 Å². The fraction of sp³-hybridized carbons (Fsp3) is 0.271. The summed E-state index contributed by atoms with van der Waals surface area (Å²) >= 11 is 0. The molecule has 0 saturated heterocycles. The fourth-order valence-electron chi connectivity index (χ4n) is 10.7. The first-order valence-corrected chi connectivity index (χ1v) is 25.2. The number of carbonyl (C=O) groups is 1. The number of hydrogen-bond acceptors (Lipinski definition) is 11. The van der Waals surface area contributed by atoms with E-state index >= 15 is 0 Å². The molecule has 2 aliphatic rings. The quantitative estimate of drug-likeness (QED) is 0.0886. The van der Waals surface area contributed by atoms with Crippen LogP contribution >= 0.6 is 0 Å². The Balaban J connectivity index is 0.000000157. The van der Waals surface area contributed by atoms with E-state index in [0.29, 0.717) is 35.8 Å². The molecular weight excluding hydrogens is 893 g/mol. The molecule has 5 N–H and O–H groups in total. The second kappa shape index (κ2) is 20.1. The minimum atomic E-state index is 0.255. The summed E-state index contributed by atoms with van der Waals surface area (Å²) in [6.07, 6.45) is 13.5. The lowest BCUT2D eigenvalue weighted by Crippen LogP contribution is -2.33. The number of nitrogens with zero attached hydrogens (tertiary/aromatic N) is 9. The van der Waals surface area contributed by atoms with Crippen LogP contribution < -0.4 is 16.8 Å². The second-order valence-corrected chi connectivity index (χ2v) is 20.0. The third-order valence-corrected chi connectivity index (χ3v) is 14.4. The number of Topliss-reactive ketones (excluding diaryl/α,β-unsaturated/α-hetero) is 1. The van der Waals surface area contributed by atoms with Gasteiger partial charge in [0.1, 0.15) is 51.5 Å². The Morgan fingerprint density at radius 3 is 1.56 bits per heavy atom. The van der Waals surface area contributed by atoms with E-state index in [1.54, 1.807) is 19.3 Å². The lowest BCUT2D eigenvalue weighted by Gasteiger charge is -2.36. The Hall–Kier alpha value is -7.87. The number of nitrogens with two attached hydrogens (primary N) is 2. The number of fused-ring (bicyclic) bond motifs is 4. The molecule has 0 aliphatic heterocycles. The molecule has 0 spiro atoms. The van der Waals surface area contributed by atoms with Crippen LogP contribution in [0.15, 0.2) is 146 Å². The highest BCUT2D eigenvalue weighted by Gasteiger charge is 2.35. The van der Waals surface area contributed by atoms with Crippen LogP contribution in [0.25, 0.3) is 77.9 Å². The summed E-state index contributed by atoms with van der Waals surface area (Å²) in [5.74, 6) is 5.53. The maximum Gasteiger partial charge on any atom is 0.150 e. The van der Waals surface area contributed by atoms with Gasteiger partial charge in [0.2, 0.25) is 0 Å². The smallest absolute Gasteiger partial charge is 0.150 e. The monoisotopic (exact) mass is 953 g/mol. The number of benzene rings is 4. The minimum Gasteiger partial charge on any atom is -0.382 e. The molecule has 0 unspecified atom stereocenters. The Labute approximate surface area is 419 Å². The van der Waals surface area contributed by atoms with Gasteiger partial charge in [0.15, 0.2) is 0 Å². The number of hydrogen-bond donors (Lipinski definition) is 3. The van der Waals surface area contributed by atoms with Gasteiger partial charge >= 0.3 is 0 Å². The van der Waals surface area contributed by atoms with Crippen LogP contribution in [0.4, 0.5) is 11.6 Å². The van der Waals surface area contributed by atoms with Gasteiger partial charge < -0.3 is 26.5 Å². The Morgan fingerprint density at radius 1 is 0.611 bits per heavy atom. The van der Waals surface area contributed by atoms with Gasteiger partial charge in [0, 0.05) is 82.6 Å². The van der Waals surface area contributed by atoms with E-state index in [0.717, 1.165) is 147 Å². The zero-order valence-electron chi connectivity index (χ0n) is 41.1. The van der Waals surface area contributed by atoms with Crippen molar-refractivity contribution in [1.29, 1.82) is 0 Å². The normalized spacial score (nSPS) is 17.5. The number of nitrogen functional groups attached to an aromatic ring is 2. The van der Waals surface area contributed by atoms with Crippen LogP contribution in [0, 0.1) is 11.8 Å². The van der Waals surface area contributed by atoms with Gasteiger partial charge in [-0.05, 0) is 102 Å². The van der Waals surface area contributed by atoms with Gasteiger partial charge in [0.05, 0.1) is 22.4 Å². The lowest BCUT2D eigenvalue weighted by atomic mass is 9.74. The fourth-order valence-corrected chi connectivity index (χ4v) is 10.7. The Kier molecular flexibility index (Phi) is 13.0. The number of anilines is 2. The molecule has 6 heterocycles. The van der Waals surface area contributed by atoms with Crippen LogP contribution in [0.5, 0.6) is 0 Å². The molecule has 0 radical (unpaired) electrons. The highest BCUT2D eigenvalue weighted by atomic mass is 16.1. The predicted octanol–water partition coefficient (Wildman–Crippen LogP) is 10.9. The Morgan fingerprint density at radius 2 is 1.08 bits per heavy atom. The van der Waals surface area contributed by atoms with E-state index < -0.39 is 0 Å². The molecule has 0 amide bonds. The highest BCUT2D eigenvalue weighted by molar-refractivity contribution is 5.93. The van der Waals surface area contributed by atoms with Crippen LogP contribution in [-0.4, -0.2) is 83.1 Å². The molecule has 362 valence electrons. The van der Waals surface area contributed by atoms with Crippen molar-refractivity contribution in [3.05, 3.63) is 158 Å². The van der Waals surface area contributed by atoms with Gasteiger partial charge in [-0.1, -0.05) is 97.1 Å². The van der Waals surface area contributed by atoms with Crippen molar-refractivity contribution in [1.82, 2.24) is 48.9 Å². The van der Waals surface area contributed by atoms with Crippen molar-refractivity contribution in [2.24, 2.45) is 11.8 Å². The number of nitrogens with one attached hydrogen (secondary N) is 1. The maximum atomic E-state index is 11.1. The number of carbonyl (C=O) groups excluding carboxylic acids is 1. The molecule has 10 aromatic rings. The first-order chi connectivity index (χ1) is 35.1. The summed E-state index contributed by atoms with van der Waals surface area (Å²) in [5, 5.41) is 5.69. The van der Waals surface area contributed by atoms with Crippen LogP contribution in [0.2, 0.25) is 0 Å². The largest absolute Gasteiger partial charge is 0.382 e. The molecule has 13 heteroatoms. The number of aromatic nitrogens is 8. The lowest BCUT2D eigenvalue weighted by molar-refractivity contribution is -0.117. The van der Waals surface area contributed by atoms with E-state index in [-0.39, 0.29) is 5.78 Å². The average molecular weight is 953 g/mol. The minimum absolute atomic E-state index is 0.255. The first-order valence-electron chi connectivity index (χ1n) is 25.2. The summed E-state index contributed by atoms with van der Waals surface area (Å²) in [4.78, 5) is 42.4. The summed E-state index contributed by atoms with van der Waals surface area (Å²) in [5.41, 5.74) is 24.2. The summed E-state index contributed by atoms with van der Waals surface area (Å²) in [6.45, 7) is 4.64. The summed E-state index contributed by atoms with van der Waals surface area (Å²) in [7, 11) is 4.28. The van der Waals surface area contributed by atoms with Gasteiger partial charge in [-0.3, -0.25) is 8.80 Å². The molecule has 72 heavy (non-hydrogen) atoms. The predicted molar refractivity (Wildman–Crippen MR) is 289 cm³/mol. The van der Waals surface area contributed by atoms with Crippen LogP contribution in [0.1, 0.15) is 68.9 Å². The van der Waals surface area contributed by atoms with E-state index in [1.165, 1.54) is 0 Å². The van der Waals surface area contributed by atoms with Crippen molar-refractivity contribution in [2.45, 2.75) is 57.3 Å². The van der Waals surface area contributed by atoms with E-state index in [2.05, 4.69) is 128 Å². The van der Waals surface area contributed by atoms with Crippen molar-refractivity contribution < 1.29 is 4.79 Å². The third kappa shape index (κ3) is 9.52. The molecule has 2 fully saturated rings. The molecule has 4 aromatic carbocycles. The van der Waals surface area contributed by atoms with Gasteiger partial charge in [-0.2, -0.15) is 0 Å². The van der Waals surface area contributed by atoms with E-state index in [9.17, 15) is 4.79 Å². The Bertz CT molecular complexity index is 3560. The standard InChI is InChI=1S/C31H32N6O.C28H28N6/c1-20(38)6-5-13-33-19-21-16-25(17-21)31-36-28(29-30(32)34-14-15-37(29)31)24-10-9-23-11-12-26(35-27(23)18-24)22-7-3-2-4-8-22;1-33(2)17-18-14-22(15-18)28-32-25(26-27(29)30-12-13-34(26)28)21-9-8-20-10-11-23(31-24(20)16-21)19-6-4-3-5-7-19/h2-4,7-12,14-15,18,21,25,33H,5-6,13,16-17,19H2,1H3,(H2,32,34);3-13,16,18,22H,14-15,17H2,1-2H3,(H2,29,30). The summed E-state index contributed by atoms with van der Waals surface area (Å²) in [6, 6.07) is 41.5. The third-order valence-electron chi connectivity index (χ3n) is 14.4. The number of pyridine rings is 2. The van der Waals surface area contributed by atoms with Crippen LogP contribution in [0.3, 0.4) is 0 Å². The van der Waals surface area contributed by atoms with Crippen molar-refractivity contribution in [3.63, 3.8) is 0 Å². The number of rotatable bonds is 14. The van der Waals surface area contributed by atoms with Gasteiger partial charge in [0.25, 0.3) is 0 Å². The molecule has 2 saturated carbocycles. The zero-order chi connectivity index (χ0) is 49.3. The molecule has 0 atom stereocenters. The molecule has 12 rings (SSSR count). The maximum absolute atomic E-state index is 11.1. The zero-order valence-corrected chi connectivity index (χ0v) is 41.1. The molecule has 6 aromatic heterocycles. The second-order valence-electron chi connectivity index (χ2n) is 20.0. The van der Waals surface area contributed by atoms with E-state index in [4.69, 9.17) is 31.4 Å². The molecule has 0 bridgehead atoms. The SMILES string of the molecule is CC(=O)CCCNCC1CC(c2nc(-c3ccc4ccc(-c5ccccc5)nc4c3)c3c(N)nccn23)C1.CN(C)CC1CC(c2nc(-c3ccc4ccc(-c5ccccc5)nc4c3)c3c(N)nccn23)C1. The number of imidazole rings is 2. The number of ketones is 1. The topological polar surface area (TPSA) is 171 Å². The van der Waals surface area contributed by atoms with Gasteiger partial charge in [-0.25, -0.2) is 29.9 Å². The molecule has 13 nitrogen and oxygen atoms in total. The summed E-state index contributed by atoms with van der Waals surface area (Å²) < 4.78 is 4.27. The molecular formula is C59H60N12O.